The molecule has 4 nitrogen and oxygen atoms in total. The average Bonchev–Trinajstić information content (AvgIpc) is 2.79. The number of ether oxygens (including phenoxy) is 1. The second-order valence-corrected chi connectivity index (χ2v) is 4.27. The number of nitrogens with zero attached hydrogens (tertiary/aromatic N) is 1. The quantitative estimate of drug-likeness (QED) is 0.591. The summed E-state index contributed by atoms with van der Waals surface area (Å²) in [4.78, 5) is 19.1. The molecule has 5 heteroatoms. The Morgan fingerprint density at radius 3 is 2.89 bits per heavy atom. The van der Waals surface area contributed by atoms with Crippen LogP contribution in [0.3, 0.4) is 0 Å². The number of fused-ring (bicyclic) bond motifs is 1. The highest BCUT2D eigenvalue weighted by Gasteiger charge is 2.06. The van der Waals surface area contributed by atoms with Crippen LogP contribution >= 0.6 is 0 Å². The molecule has 2 aromatic rings. The molecule has 0 aliphatic rings. The zero-order chi connectivity index (χ0) is 12.8. The lowest BCUT2D eigenvalue weighted by Crippen LogP contribution is -3.00. The predicted molar refractivity (Wildman–Crippen MR) is 70.3 cm³/mol. The van der Waals surface area contributed by atoms with Crippen molar-refractivity contribution in [1.29, 1.82) is 0 Å². The van der Waals surface area contributed by atoms with Crippen LogP contribution in [0, 0.1) is 0 Å². The predicted octanol–water partition coefficient (Wildman–Crippen LogP) is -0.157. The minimum absolute atomic E-state index is 0. The maximum Gasteiger partial charge on any atom is 0.306 e. The summed E-state index contributed by atoms with van der Waals surface area (Å²) in [5.74, 6) is 0.688. The van der Waals surface area contributed by atoms with Crippen LogP contribution in [-0.2, 0) is 16.0 Å². The van der Waals surface area contributed by atoms with Gasteiger partial charge in [0, 0.05) is 6.42 Å². The zero-order valence-electron chi connectivity index (χ0n) is 11.0. The smallest absolute Gasteiger partial charge is 0.306 e. The molecule has 0 aliphatic carbocycles. The van der Waals surface area contributed by atoms with Gasteiger partial charge in [-0.2, -0.15) is 0 Å². The first-order valence-electron chi connectivity index (χ1n) is 6.39. The lowest BCUT2D eigenvalue weighted by molar-refractivity contribution is -0.143. The number of benzene rings is 1. The van der Waals surface area contributed by atoms with Crippen LogP contribution in [0.15, 0.2) is 24.3 Å². The number of halogens is 1. The molecule has 0 saturated heterocycles. The van der Waals surface area contributed by atoms with E-state index in [4.69, 9.17) is 4.74 Å². The summed E-state index contributed by atoms with van der Waals surface area (Å²) >= 11 is 0. The van der Waals surface area contributed by atoms with E-state index < -0.39 is 0 Å². The van der Waals surface area contributed by atoms with E-state index in [0.29, 0.717) is 19.4 Å². The molecule has 1 aromatic carbocycles. The van der Waals surface area contributed by atoms with Gasteiger partial charge in [-0.05, 0) is 18.6 Å². The van der Waals surface area contributed by atoms with Crippen molar-refractivity contribution in [3.63, 3.8) is 0 Å². The summed E-state index contributed by atoms with van der Waals surface area (Å²) < 4.78 is 5.10. The van der Waals surface area contributed by atoms with Crippen LogP contribution in [0.5, 0.6) is 0 Å². The molecule has 104 valence electrons. The summed E-state index contributed by atoms with van der Waals surface area (Å²) in [7, 11) is 0. The van der Waals surface area contributed by atoms with Gasteiger partial charge < -0.3 is 22.1 Å². The molecule has 0 spiro atoms. The third-order valence-electron chi connectivity index (χ3n) is 2.77. The topological polar surface area (TPSA) is 55.0 Å². The van der Waals surface area contributed by atoms with Gasteiger partial charge in [0.25, 0.3) is 0 Å². The van der Waals surface area contributed by atoms with Crippen molar-refractivity contribution in [2.45, 2.75) is 32.6 Å². The number of para-hydroxylation sites is 2. The van der Waals surface area contributed by atoms with Gasteiger partial charge in [-0.15, -0.1) is 0 Å². The number of rotatable bonds is 6. The van der Waals surface area contributed by atoms with Gasteiger partial charge in [0.2, 0.25) is 0 Å². The molecule has 1 aromatic heterocycles. The molecular formula is C14H18ClN2O2-. The van der Waals surface area contributed by atoms with Crippen molar-refractivity contribution in [3.8, 4) is 0 Å². The Hall–Kier alpha value is -1.55. The molecule has 0 amide bonds. The zero-order valence-corrected chi connectivity index (χ0v) is 11.7. The van der Waals surface area contributed by atoms with Crippen LogP contribution in [0.2, 0.25) is 0 Å². The second-order valence-electron chi connectivity index (χ2n) is 4.27. The summed E-state index contributed by atoms with van der Waals surface area (Å²) in [6.45, 7) is 2.59. The molecule has 0 unspecified atom stereocenters. The highest BCUT2D eigenvalue weighted by atomic mass is 35.5. The molecule has 0 saturated carbocycles. The number of aromatic nitrogens is 2. The fourth-order valence-electron chi connectivity index (χ4n) is 1.75. The number of H-pyrrole nitrogens is 1. The minimum Gasteiger partial charge on any atom is -1.00 e. The van der Waals surface area contributed by atoms with Crippen LogP contribution < -0.4 is 12.4 Å². The third kappa shape index (κ3) is 4.56. The molecule has 1 heterocycles. The van der Waals surface area contributed by atoms with E-state index in [1.807, 2.05) is 24.3 Å². The number of hydrogen-bond acceptors (Lipinski definition) is 3. The number of carbonyl (C=O) groups excluding carboxylic acids is 1. The average molecular weight is 282 g/mol. The summed E-state index contributed by atoms with van der Waals surface area (Å²) in [6, 6.07) is 7.84. The highest BCUT2D eigenvalue weighted by Crippen LogP contribution is 2.11. The van der Waals surface area contributed by atoms with Crippen molar-refractivity contribution in [3.05, 3.63) is 30.1 Å². The Kier molecular flexibility index (Phi) is 6.36. The number of unbranched alkanes of at least 4 members (excludes halogenated alkanes) is 1. The monoisotopic (exact) mass is 281 g/mol. The molecule has 0 atom stereocenters. The van der Waals surface area contributed by atoms with E-state index in [2.05, 4.69) is 16.9 Å². The maximum absolute atomic E-state index is 11.4. The molecule has 0 aliphatic heterocycles. The van der Waals surface area contributed by atoms with E-state index in [0.717, 1.165) is 29.7 Å². The number of imidazole rings is 1. The van der Waals surface area contributed by atoms with E-state index in [9.17, 15) is 4.79 Å². The Balaban J connectivity index is 0.00000180. The van der Waals surface area contributed by atoms with E-state index in [1.54, 1.807) is 0 Å². The summed E-state index contributed by atoms with van der Waals surface area (Å²) in [6.07, 6.45) is 2.94. The Bertz CT molecular complexity index is 492. The number of esters is 1. The molecule has 1 N–H and O–H groups in total. The van der Waals surface area contributed by atoms with Crippen molar-refractivity contribution in [1.82, 2.24) is 9.97 Å². The van der Waals surface area contributed by atoms with Gasteiger partial charge in [-0.3, -0.25) is 4.79 Å². The Morgan fingerprint density at radius 1 is 1.37 bits per heavy atom. The minimum atomic E-state index is -0.149. The lowest BCUT2D eigenvalue weighted by atomic mass is 10.3. The van der Waals surface area contributed by atoms with Gasteiger partial charge >= 0.3 is 5.97 Å². The second kappa shape index (κ2) is 7.79. The van der Waals surface area contributed by atoms with E-state index >= 15 is 0 Å². The summed E-state index contributed by atoms with van der Waals surface area (Å²) in [5.41, 5.74) is 1.94. The largest absolute Gasteiger partial charge is 1.00 e. The first kappa shape index (κ1) is 15.5. The Morgan fingerprint density at radius 2 is 2.16 bits per heavy atom. The van der Waals surface area contributed by atoms with E-state index in [-0.39, 0.29) is 18.4 Å². The van der Waals surface area contributed by atoms with Crippen LogP contribution in [0.1, 0.15) is 32.0 Å². The molecule has 0 radical (unpaired) electrons. The van der Waals surface area contributed by atoms with Crippen molar-refractivity contribution < 1.29 is 21.9 Å². The van der Waals surface area contributed by atoms with Gasteiger partial charge in [0.1, 0.15) is 5.82 Å². The standard InChI is InChI=1S/C14H18N2O2.ClH/c1-2-3-10-18-14(17)9-8-13-15-11-6-4-5-7-12(11)16-13;/h4-7H,2-3,8-10H2,1H3,(H,15,16);1H/p-1. The van der Waals surface area contributed by atoms with Gasteiger partial charge in [0.15, 0.2) is 0 Å². The van der Waals surface area contributed by atoms with Crippen molar-refractivity contribution in [2.75, 3.05) is 6.61 Å². The van der Waals surface area contributed by atoms with Gasteiger partial charge in [0.05, 0.1) is 24.1 Å². The fraction of sp³-hybridized carbons (Fsp3) is 0.429. The van der Waals surface area contributed by atoms with E-state index in [1.165, 1.54) is 0 Å². The van der Waals surface area contributed by atoms with Crippen molar-refractivity contribution in [2.24, 2.45) is 0 Å². The van der Waals surface area contributed by atoms with Crippen LogP contribution in [-0.4, -0.2) is 22.5 Å². The lowest BCUT2D eigenvalue weighted by Gasteiger charge is -2.02. The van der Waals surface area contributed by atoms with Crippen LogP contribution in [0.4, 0.5) is 0 Å². The number of aromatic amines is 1. The summed E-state index contributed by atoms with van der Waals surface area (Å²) in [5, 5.41) is 0. The first-order chi connectivity index (χ1) is 8.79. The SMILES string of the molecule is CCCCOC(=O)CCc1nc2ccccc2[nH]1.[Cl-]. The van der Waals surface area contributed by atoms with Gasteiger partial charge in [-0.25, -0.2) is 4.98 Å². The number of carbonyl (C=O) groups is 1. The molecule has 19 heavy (non-hydrogen) atoms. The highest BCUT2D eigenvalue weighted by molar-refractivity contribution is 5.75. The third-order valence-corrected chi connectivity index (χ3v) is 2.77. The van der Waals surface area contributed by atoms with Gasteiger partial charge in [-0.1, -0.05) is 25.5 Å². The number of hydrogen-bond donors (Lipinski definition) is 1. The number of aryl methyl sites for hydroxylation is 1. The Labute approximate surface area is 119 Å². The van der Waals surface area contributed by atoms with Crippen molar-refractivity contribution >= 4 is 17.0 Å². The molecular weight excluding hydrogens is 264 g/mol. The first-order valence-corrected chi connectivity index (χ1v) is 6.39. The molecule has 0 bridgehead atoms. The fourth-order valence-corrected chi connectivity index (χ4v) is 1.75. The maximum atomic E-state index is 11.4. The number of nitrogens with one attached hydrogen (secondary N) is 1. The molecule has 2 rings (SSSR count). The normalized spacial score (nSPS) is 10.2. The van der Waals surface area contributed by atoms with Crippen LogP contribution in [0.25, 0.3) is 11.0 Å². The molecule has 0 fully saturated rings.